The molecule has 0 aliphatic heterocycles. The molecule has 0 aliphatic rings. The number of aromatic nitrogens is 1. The largest absolute Gasteiger partial charge is 0.355 e. The molecule has 1 aromatic heterocycles. The third kappa shape index (κ3) is 6.52. The van der Waals surface area contributed by atoms with Crippen LogP contribution >= 0.6 is 22.9 Å². The number of hydrogen-bond donors (Lipinski definition) is 3. The van der Waals surface area contributed by atoms with Crippen molar-refractivity contribution in [1.29, 1.82) is 5.26 Å². The number of alkyl halides is 1. The Balaban J connectivity index is 2.45. The van der Waals surface area contributed by atoms with Gasteiger partial charge in [-0.1, -0.05) is 34.8 Å². The van der Waals surface area contributed by atoms with E-state index in [1.165, 1.54) is 10.8 Å². The highest BCUT2D eigenvalue weighted by atomic mass is 35.5. The van der Waals surface area contributed by atoms with Crippen molar-refractivity contribution < 1.29 is 9.59 Å². The SMILES string of the molecule is C#CCNC(=O)C(=C=c1sc(=C=CNc2cccc(NC(=O)CCl)c2)c(=O)n1CC)C#N. The first-order valence-corrected chi connectivity index (χ1v) is 10.6. The second-order valence-corrected chi connectivity index (χ2v) is 7.25. The van der Waals surface area contributed by atoms with Gasteiger partial charge < -0.3 is 16.0 Å². The second kappa shape index (κ2) is 12.0. The molecule has 0 fully saturated rings. The fourth-order valence-corrected chi connectivity index (χ4v) is 3.46. The molecule has 8 nitrogen and oxygen atoms in total. The fourth-order valence-electron chi connectivity index (χ4n) is 2.41. The molecule has 3 N–H and O–H groups in total. The van der Waals surface area contributed by atoms with Crippen LogP contribution in [0, 0.1) is 23.7 Å². The zero-order valence-corrected chi connectivity index (χ0v) is 18.6. The molecule has 0 saturated heterocycles. The van der Waals surface area contributed by atoms with Gasteiger partial charge in [-0.2, -0.15) is 5.26 Å². The molecule has 2 rings (SSSR count). The summed E-state index contributed by atoms with van der Waals surface area (Å²) in [6.45, 7) is 2.05. The lowest BCUT2D eigenvalue weighted by molar-refractivity contribution is -0.117. The van der Waals surface area contributed by atoms with E-state index in [9.17, 15) is 19.6 Å². The summed E-state index contributed by atoms with van der Waals surface area (Å²) in [6.07, 6.45) is 6.55. The van der Waals surface area contributed by atoms with Crippen LogP contribution in [0.1, 0.15) is 6.92 Å². The number of nitrogens with one attached hydrogen (secondary N) is 3. The lowest BCUT2D eigenvalue weighted by Crippen LogP contribution is -2.30. The standard InChI is InChI=1S/C22H18ClN5O3S/c1-3-9-26-21(30)15(14-24)11-20-28(4-2)22(31)18(32-20)8-10-25-16-6-5-7-17(12-16)27-19(29)13-23/h1,5-7,10,12,25H,4,9,13H2,2H3,(H,26,30)(H,27,29). The Hall–Kier alpha value is -3.97. The maximum absolute atomic E-state index is 12.6. The Morgan fingerprint density at radius 1 is 1.34 bits per heavy atom. The Labute approximate surface area is 192 Å². The number of halogens is 1. The summed E-state index contributed by atoms with van der Waals surface area (Å²) in [4.78, 5) is 36.0. The Kier molecular flexibility index (Phi) is 9.13. The van der Waals surface area contributed by atoms with Gasteiger partial charge in [-0.25, -0.2) is 0 Å². The second-order valence-electron chi connectivity index (χ2n) is 5.98. The maximum Gasteiger partial charge on any atom is 0.277 e. The minimum Gasteiger partial charge on any atom is -0.355 e. The van der Waals surface area contributed by atoms with E-state index < -0.39 is 5.91 Å². The van der Waals surface area contributed by atoms with Crippen LogP contribution in [0.4, 0.5) is 11.4 Å². The summed E-state index contributed by atoms with van der Waals surface area (Å²) >= 11 is 6.52. The van der Waals surface area contributed by atoms with Gasteiger partial charge in [-0.3, -0.25) is 19.0 Å². The lowest BCUT2D eigenvalue weighted by Gasteiger charge is -2.05. The number of terminal acetylenes is 1. The first-order chi connectivity index (χ1) is 15.4. The van der Waals surface area contributed by atoms with Crippen LogP contribution in [0.15, 0.2) is 40.8 Å². The van der Waals surface area contributed by atoms with Crippen molar-refractivity contribution in [3.8, 4) is 18.4 Å². The van der Waals surface area contributed by atoms with Crippen molar-refractivity contribution in [2.75, 3.05) is 23.1 Å². The molecule has 0 atom stereocenters. The number of hydrogen-bond acceptors (Lipinski definition) is 6. The van der Waals surface area contributed by atoms with Crippen LogP contribution in [0.5, 0.6) is 0 Å². The summed E-state index contributed by atoms with van der Waals surface area (Å²) in [5.41, 5.74) is 6.15. The number of anilines is 2. The van der Waals surface area contributed by atoms with Crippen LogP contribution < -0.4 is 30.7 Å². The van der Waals surface area contributed by atoms with Crippen LogP contribution in [0.3, 0.4) is 0 Å². The molecule has 0 radical (unpaired) electrons. The molecule has 10 heteroatoms. The molecular weight excluding hydrogens is 450 g/mol. The molecule has 0 saturated carbocycles. The topological polar surface area (TPSA) is 116 Å². The number of rotatable bonds is 7. The van der Waals surface area contributed by atoms with Gasteiger partial charge in [0.25, 0.3) is 11.5 Å². The normalized spacial score (nSPS) is 9.38. The van der Waals surface area contributed by atoms with Crippen LogP contribution in [-0.4, -0.2) is 28.8 Å². The van der Waals surface area contributed by atoms with E-state index in [0.29, 0.717) is 22.6 Å². The van der Waals surface area contributed by atoms with Crippen LogP contribution in [-0.2, 0) is 16.1 Å². The van der Waals surface area contributed by atoms with E-state index in [4.69, 9.17) is 18.0 Å². The molecule has 2 amide bonds. The molecule has 0 spiro atoms. The van der Waals surface area contributed by atoms with E-state index in [1.54, 1.807) is 37.3 Å². The van der Waals surface area contributed by atoms with Crippen molar-refractivity contribution in [1.82, 2.24) is 9.88 Å². The highest BCUT2D eigenvalue weighted by molar-refractivity contribution is 7.07. The molecule has 32 heavy (non-hydrogen) atoms. The maximum atomic E-state index is 12.6. The molecular formula is C22H18ClN5O3S. The van der Waals surface area contributed by atoms with E-state index in [-0.39, 0.29) is 34.0 Å². The fraction of sp³-hybridized carbons (Fsp3) is 0.182. The monoisotopic (exact) mass is 467 g/mol. The van der Waals surface area contributed by atoms with Gasteiger partial charge in [0.2, 0.25) is 5.91 Å². The number of nitriles is 1. The summed E-state index contributed by atoms with van der Waals surface area (Å²) in [5.74, 6) is 1.10. The van der Waals surface area contributed by atoms with Crippen molar-refractivity contribution in [2.24, 2.45) is 0 Å². The predicted octanol–water partition coefficient (Wildman–Crippen LogP) is 0.691. The summed E-state index contributed by atoms with van der Waals surface area (Å²) in [6, 6.07) is 8.67. The Morgan fingerprint density at radius 2 is 2.09 bits per heavy atom. The number of thiazole rings is 1. The van der Waals surface area contributed by atoms with Crippen molar-refractivity contribution in [2.45, 2.75) is 13.5 Å². The average molecular weight is 468 g/mol. The lowest BCUT2D eigenvalue weighted by atomic mass is 10.3. The van der Waals surface area contributed by atoms with E-state index in [1.807, 2.05) is 0 Å². The highest BCUT2D eigenvalue weighted by Crippen LogP contribution is 2.14. The third-order valence-electron chi connectivity index (χ3n) is 3.83. The van der Waals surface area contributed by atoms with E-state index >= 15 is 0 Å². The van der Waals surface area contributed by atoms with Gasteiger partial charge in [0.05, 0.1) is 6.54 Å². The first-order valence-electron chi connectivity index (χ1n) is 9.23. The number of benzene rings is 1. The number of carbonyl (C=O) groups is 2. The quantitative estimate of drug-likeness (QED) is 0.240. The van der Waals surface area contributed by atoms with Crippen molar-refractivity contribution in [3.63, 3.8) is 0 Å². The molecule has 0 aliphatic carbocycles. The minimum absolute atomic E-state index is 0.0269. The first kappa shape index (κ1) is 24.3. The molecule has 2 aromatic rings. The van der Waals surface area contributed by atoms with Crippen molar-refractivity contribution >= 4 is 57.6 Å². The minimum atomic E-state index is -0.669. The van der Waals surface area contributed by atoms with E-state index in [2.05, 4.69) is 33.3 Å². The zero-order valence-electron chi connectivity index (χ0n) is 17.0. The van der Waals surface area contributed by atoms with Gasteiger partial charge in [0.1, 0.15) is 21.1 Å². The molecule has 1 aromatic carbocycles. The Bertz CT molecular complexity index is 1360. The molecule has 0 bridgehead atoms. The average Bonchev–Trinajstić information content (AvgIpc) is 3.09. The summed E-state index contributed by atoms with van der Waals surface area (Å²) in [5, 5.41) is 17.2. The number of amides is 2. The molecule has 162 valence electrons. The van der Waals surface area contributed by atoms with Crippen LogP contribution in [0.25, 0.3) is 11.5 Å². The number of nitrogens with zero attached hydrogens (tertiary/aromatic N) is 2. The van der Waals surface area contributed by atoms with Gasteiger partial charge in [-0.05, 0) is 25.1 Å². The smallest absolute Gasteiger partial charge is 0.277 e. The molecule has 0 unspecified atom stereocenters. The predicted molar refractivity (Wildman–Crippen MR) is 125 cm³/mol. The highest BCUT2D eigenvalue weighted by Gasteiger charge is 2.08. The van der Waals surface area contributed by atoms with Gasteiger partial charge in [0, 0.05) is 24.1 Å². The van der Waals surface area contributed by atoms with Crippen molar-refractivity contribution in [3.05, 3.63) is 55.6 Å². The molecule has 1 heterocycles. The zero-order chi connectivity index (χ0) is 23.5. The third-order valence-corrected chi connectivity index (χ3v) is 5.09. The van der Waals surface area contributed by atoms with E-state index in [0.717, 1.165) is 11.3 Å². The van der Waals surface area contributed by atoms with Crippen LogP contribution in [0.2, 0.25) is 0 Å². The summed E-state index contributed by atoms with van der Waals surface area (Å²) < 4.78 is 1.95. The van der Waals surface area contributed by atoms with Gasteiger partial charge >= 0.3 is 0 Å². The van der Waals surface area contributed by atoms with Gasteiger partial charge in [0.15, 0.2) is 5.57 Å². The summed E-state index contributed by atoms with van der Waals surface area (Å²) in [7, 11) is 0. The van der Waals surface area contributed by atoms with Gasteiger partial charge in [-0.15, -0.1) is 18.0 Å². The Morgan fingerprint density at radius 3 is 2.75 bits per heavy atom. The number of carbonyl (C=O) groups excluding carboxylic acids is 2.